The third kappa shape index (κ3) is 4.44. The van der Waals surface area contributed by atoms with Crippen molar-refractivity contribution in [1.82, 2.24) is 10.2 Å². The summed E-state index contributed by atoms with van der Waals surface area (Å²) >= 11 is 0. The minimum absolute atomic E-state index is 0.209. The summed E-state index contributed by atoms with van der Waals surface area (Å²) in [6.45, 7) is 11.0. The van der Waals surface area contributed by atoms with Crippen LogP contribution in [0.4, 0.5) is 0 Å². The molecule has 0 spiro atoms. The molecule has 0 bridgehead atoms. The average Bonchev–Trinajstić information content (AvgIpc) is 2.24. The highest BCUT2D eigenvalue weighted by Crippen LogP contribution is 2.34. The largest absolute Gasteiger partial charge is 0.381 e. The summed E-state index contributed by atoms with van der Waals surface area (Å²) in [5.74, 6) is 0. The highest BCUT2D eigenvalue weighted by Gasteiger charge is 2.36. The third-order valence-electron chi connectivity index (χ3n) is 4.83. The monoisotopic (exact) mass is 268 g/mol. The number of nitrogens with zero attached hydrogens (tertiary/aromatic N) is 1. The third-order valence-corrected chi connectivity index (χ3v) is 4.83. The van der Waals surface area contributed by atoms with Gasteiger partial charge in [0.05, 0.1) is 0 Å². The fourth-order valence-electron chi connectivity index (χ4n) is 3.13. The van der Waals surface area contributed by atoms with Gasteiger partial charge in [-0.25, -0.2) is 0 Å². The van der Waals surface area contributed by atoms with Crippen LogP contribution in [-0.2, 0) is 4.74 Å². The van der Waals surface area contributed by atoms with Gasteiger partial charge in [-0.2, -0.15) is 0 Å². The molecule has 1 aliphatic carbocycles. The lowest BCUT2D eigenvalue weighted by molar-refractivity contribution is -0.0154. The number of ether oxygens (including phenoxy) is 1. The summed E-state index contributed by atoms with van der Waals surface area (Å²) in [5.41, 5.74) is 0.621. The topological polar surface area (TPSA) is 24.5 Å². The predicted octanol–water partition coefficient (Wildman–Crippen LogP) is 2.66. The Labute approximate surface area is 119 Å². The number of hydrogen-bond acceptors (Lipinski definition) is 3. The van der Waals surface area contributed by atoms with Gasteiger partial charge in [-0.3, -0.25) is 0 Å². The van der Waals surface area contributed by atoms with Crippen molar-refractivity contribution in [3.05, 3.63) is 0 Å². The lowest BCUT2D eigenvalue weighted by atomic mass is 9.78. The van der Waals surface area contributed by atoms with Gasteiger partial charge in [0.2, 0.25) is 0 Å². The van der Waals surface area contributed by atoms with E-state index in [9.17, 15) is 0 Å². The van der Waals surface area contributed by atoms with E-state index < -0.39 is 0 Å². The molecule has 0 aromatic rings. The van der Waals surface area contributed by atoms with Gasteiger partial charge in [-0.1, -0.05) is 6.42 Å². The van der Waals surface area contributed by atoms with Gasteiger partial charge in [0.15, 0.2) is 0 Å². The van der Waals surface area contributed by atoms with E-state index in [2.05, 4.69) is 38.0 Å². The maximum Gasteiger partial charge on any atom is 0.0472 e. The molecule has 0 aromatic heterocycles. The van der Waals surface area contributed by atoms with Gasteiger partial charge in [-0.05, 0) is 58.9 Å². The average molecular weight is 268 g/mol. The van der Waals surface area contributed by atoms with Crippen LogP contribution in [0.25, 0.3) is 0 Å². The minimum atomic E-state index is 0.209. The van der Waals surface area contributed by atoms with Crippen LogP contribution in [0.5, 0.6) is 0 Å². The second-order valence-corrected chi connectivity index (χ2v) is 7.72. The second-order valence-electron chi connectivity index (χ2n) is 7.72. The van der Waals surface area contributed by atoms with Crippen LogP contribution in [0.15, 0.2) is 0 Å². The minimum Gasteiger partial charge on any atom is -0.381 e. The van der Waals surface area contributed by atoms with Crippen molar-refractivity contribution in [3.63, 3.8) is 0 Å². The molecule has 1 saturated carbocycles. The van der Waals surface area contributed by atoms with Gasteiger partial charge in [-0.15, -0.1) is 0 Å². The summed E-state index contributed by atoms with van der Waals surface area (Å²) < 4.78 is 5.59. The quantitative estimate of drug-likeness (QED) is 0.829. The predicted molar refractivity (Wildman–Crippen MR) is 80.5 cm³/mol. The first-order valence-corrected chi connectivity index (χ1v) is 7.93. The molecular formula is C16H32N2O. The van der Waals surface area contributed by atoms with Gasteiger partial charge >= 0.3 is 0 Å². The molecule has 0 atom stereocenters. The molecule has 1 saturated heterocycles. The zero-order chi connectivity index (χ0) is 13.9. The van der Waals surface area contributed by atoms with E-state index in [4.69, 9.17) is 4.74 Å². The molecule has 2 aliphatic rings. The van der Waals surface area contributed by atoms with Gasteiger partial charge in [0.1, 0.15) is 0 Å². The van der Waals surface area contributed by atoms with Crippen LogP contribution < -0.4 is 5.32 Å². The standard InChI is InChI=1S/C16H32N2O/c1-15(2,3)17-12-16(8-10-19-11-9-16)13-18(4)14-6-5-7-14/h14,17H,5-13H2,1-4H3. The highest BCUT2D eigenvalue weighted by molar-refractivity contribution is 4.91. The van der Waals surface area contributed by atoms with Crippen LogP contribution in [0.2, 0.25) is 0 Å². The summed E-state index contributed by atoms with van der Waals surface area (Å²) in [6.07, 6.45) is 6.62. The van der Waals surface area contributed by atoms with Crippen molar-refractivity contribution in [3.8, 4) is 0 Å². The molecule has 0 aromatic carbocycles. The van der Waals surface area contributed by atoms with E-state index in [0.717, 1.165) is 25.8 Å². The number of nitrogens with one attached hydrogen (secondary N) is 1. The van der Waals surface area contributed by atoms with Crippen molar-refractivity contribution in [2.75, 3.05) is 33.4 Å². The Bertz CT molecular complexity index is 275. The van der Waals surface area contributed by atoms with Crippen LogP contribution in [0.3, 0.4) is 0 Å². The highest BCUT2D eigenvalue weighted by atomic mass is 16.5. The Morgan fingerprint density at radius 3 is 2.32 bits per heavy atom. The Balaban J connectivity index is 1.93. The first-order valence-electron chi connectivity index (χ1n) is 7.93. The zero-order valence-corrected chi connectivity index (χ0v) is 13.3. The Morgan fingerprint density at radius 1 is 1.21 bits per heavy atom. The van der Waals surface area contributed by atoms with E-state index in [1.165, 1.54) is 38.6 Å². The van der Waals surface area contributed by atoms with Crippen molar-refractivity contribution in [2.24, 2.45) is 5.41 Å². The summed E-state index contributed by atoms with van der Waals surface area (Å²) in [6, 6.07) is 0.842. The molecule has 2 rings (SSSR count). The molecule has 0 radical (unpaired) electrons. The number of rotatable bonds is 5. The molecule has 1 aliphatic heterocycles. The SMILES string of the molecule is CN(CC1(CNC(C)(C)C)CCOCC1)C1CCC1. The Hall–Kier alpha value is -0.120. The lowest BCUT2D eigenvalue weighted by Gasteiger charge is -2.45. The normalized spacial score (nSPS) is 24.5. The van der Waals surface area contributed by atoms with Crippen molar-refractivity contribution in [2.45, 2.75) is 64.5 Å². The van der Waals surface area contributed by atoms with E-state index in [0.29, 0.717) is 5.41 Å². The van der Waals surface area contributed by atoms with Crippen LogP contribution >= 0.6 is 0 Å². The first-order chi connectivity index (χ1) is 8.90. The molecule has 3 nitrogen and oxygen atoms in total. The molecule has 1 heterocycles. The first kappa shape index (κ1) is 15.3. The maximum atomic E-state index is 5.59. The van der Waals surface area contributed by atoms with Crippen molar-refractivity contribution >= 4 is 0 Å². The van der Waals surface area contributed by atoms with E-state index in [1.54, 1.807) is 0 Å². The van der Waals surface area contributed by atoms with Crippen LogP contribution in [0, 0.1) is 5.41 Å². The fourth-order valence-corrected chi connectivity index (χ4v) is 3.13. The van der Waals surface area contributed by atoms with Crippen molar-refractivity contribution in [1.29, 1.82) is 0 Å². The molecule has 112 valence electrons. The maximum absolute atomic E-state index is 5.59. The fraction of sp³-hybridized carbons (Fsp3) is 1.00. The van der Waals surface area contributed by atoms with Gasteiger partial charge < -0.3 is 15.0 Å². The molecule has 3 heteroatoms. The molecular weight excluding hydrogens is 236 g/mol. The van der Waals surface area contributed by atoms with Crippen LogP contribution in [-0.4, -0.2) is 49.8 Å². The molecule has 0 amide bonds. The Morgan fingerprint density at radius 2 is 1.84 bits per heavy atom. The lowest BCUT2D eigenvalue weighted by Crippen LogP contribution is -2.52. The summed E-state index contributed by atoms with van der Waals surface area (Å²) in [5, 5.41) is 3.73. The summed E-state index contributed by atoms with van der Waals surface area (Å²) in [4.78, 5) is 2.61. The molecule has 0 unspecified atom stereocenters. The molecule has 2 fully saturated rings. The van der Waals surface area contributed by atoms with Gasteiger partial charge in [0, 0.05) is 37.9 Å². The van der Waals surface area contributed by atoms with E-state index in [1.807, 2.05) is 0 Å². The van der Waals surface area contributed by atoms with E-state index in [-0.39, 0.29) is 5.54 Å². The zero-order valence-electron chi connectivity index (χ0n) is 13.3. The number of hydrogen-bond donors (Lipinski definition) is 1. The summed E-state index contributed by atoms with van der Waals surface area (Å²) in [7, 11) is 2.32. The smallest absolute Gasteiger partial charge is 0.0472 e. The second kappa shape index (κ2) is 6.11. The molecule has 1 N–H and O–H groups in total. The van der Waals surface area contributed by atoms with Crippen LogP contribution in [0.1, 0.15) is 52.9 Å². The van der Waals surface area contributed by atoms with E-state index >= 15 is 0 Å². The Kier molecular flexibility index (Phi) is 4.91. The van der Waals surface area contributed by atoms with Crippen molar-refractivity contribution < 1.29 is 4.74 Å². The van der Waals surface area contributed by atoms with Gasteiger partial charge in [0.25, 0.3) is 0 Å². The molecule has 19 heavy (non-hydrogen) atoms.